The molecule has 2 aliphatic rings. The number of rotatable bonds is 6. The van der Waals surface area contributed by atoms with E-state index >= 15 is 0 Å². The molecule has 1 heterocycles. The van der Waals surface area contributed by atoms with Gasteiger partial charge >= 0.3 is 0 Å². The molecule has 9 nitrogen and oxygen atoms in total. The Morgan fingerprint density at radius 3 is 2.36 bits per heavy atom. The number of ether oxygens (including phenoxy) is 2. The highest BCUT2D eigenvalue weighted by Crippen LogP contribution is 2.61. The van der Waals surface area contributed by atoms with E-state index in [4.69, 9.17) is 21.7 Å². The van der Waals surface area contributed by atoms with E-state index in [0.717, 1.165) is 11.1 Å². The van der Waals surface area contributed by atoms with Crippen molar-refractivity contribution >= 4 is 34.5 Å². The lowest BCUT2D eigenvalue weighted by Crippen LogP contribution is -2.60. The molecule has 3 N–H and O–H groups in total. The molecule has 2 atom stereocenters. The summed E-state index contributed by atoms with van der Waals surface area (Å²) in [7, 11) is 1.56. The number of nitrogens with zero attached hydrogens (tertiary/aromatic N) is 1. The lowest BCUT2D eigenvalue weighted by molar-refractivity contribution is -0.385. The Morgan fingerprint density at radius 2 is 1.77 bits per heavy atom. The van der Waals surface area contributed by atoms with Gasteiger partial charge in [0.25, 0.3) is 11.5 Å². The summed E-state index contributed by atoms with van der Waals surface area (Å²) < 4.78 is 11.5. The van der Waals surface area contributed by atoms with Crippen LogP contribution in [0.5, 0.6) is 11.5 Å². The summed E-state index contributed by atoms with van der Waals surface area (Å²) >= 11 is 5.64. The first-order valence-corrected chi connectivity index (χ1v) is 13.0. The number of carbonyl (C=O) groups is 1. The highest BCUT2D eigenvalue weighted by molar-refractivity contribution is 7.80. The first-order valence-electron chi connectivity index (χ1n) is 12.6. The Balaban J connectivity index is 1.72. The van der Waals surface area contributed by atoms with Crippen LogP contribution in [0.15, 0.2) is 54.6 Å². The average Bonchev–Trinajstić information content (AvgIpc) is 3.25. The van der Waals surface area contributed by atoms with Gasteiger partial charge in [-0.05, 0) is 65.5 Å². The van der Waals surface area contributed by atoms with E-state index in [0.29, 0.717) is 22.7 Å². The maximum Gasteiger partial charge on any atom is 0.280 e. The molecule has 1 aliphatic heterocycles. The number of nitro groups is 1. The number of hydrogen-bond acceptors (Lipinski definition) is 7. The fraction of sp³-hybridized carbons (Fsp3) is 0.310. The van der Waals surface area contributed by atoms with E-state index in [2.05, 4.69) is 10.6 Å². The molecule has 10 heteroatoms. The number of aliphatic hydroxyl groups is 1. The molecular formula is C29H29N3O6S. The third-order valence-electron chi connectivity index (χ3n) is 7.41. The van der Waals surface area contributed by atoms with E-state index in [1.165, 1.54) is 18.2 Å². The number of thiocarbonyl (C=S) groups is 1. The Morgan fingerprint density at radius 1 is 1.08 bits per heavy atom. The van der Waals surface area contributed by atoms with E-state index in [-0.39, 0.29) is 28.1 Å². The number of anilines is 1. The van der Waals surface area contributed by atoms with Crippen LogP contribution in [0, 0.1) is 10.1 Å². The Bertz CT molecular complexity index is 1520. The minimum atomic E-state index is -2.29. The number of nitro benzene ring substituents is 1. The van der Waals surface area contributed by atoms with Gasteiger partial charge in [0.05, 0.1) is 12.0 Å². The second-order valence-electron chi connectivity index (χ2n) is 10.4. The normalized spacial score (nSPS) is 20.8. The fourth-order valence-corrected chi connectivity index (χ4v) is 5.66. The molecule has 0 radical (unpaired) electrons. The van der Waals surface area contributed by atoms with Gasteiger partial charge in [-0.25, -0.2) is 0 Å². The summed E-state index contributed by atoms with van der Waals surface area (Å²) in [5, 5.41) is 30.4. The van der Waals surface area contributed by atoms with Crippen molar-refractivity contribution in [1.82, 2.24) is 5.32 Å². The molecule has 0 aromatic heterocycles. The van der Waals surface area contributed by atoms with Crippen molar-refractivity contribution in [1.29, 1.82) is 0 Å². The summed E-state index contributed by atoms with van der Waals surface area (Å²) in [6.45, 7) is 8.05. The fourth-order valence-electron chi connectivity index (χ4n) is 5.39. The molecule has 3 aromatic rings. The highest BCUT2D eigenvalue weighted by atomic mass is 32.1. The molecule has 0 spiro atoms. The molecule has 0 fully saturated rings. The van der Waals surface area contributed by atoms with Crippen LogP contribution in [-0.4, -0.2) is 28.0 Å². The SMILES string of the molecule is COc1ccc(NC(=S)NC23C(=O)c4c([N+](=O)[O-])cccc4C2(O)Oc2c(C(C)C)cc(C(C)C)cc23)cc1. The minimum absolute atomic E-state index is 0.000911. The maximum atomic E-state index is 14.4. The zero-order valence-electron chi connectivity index (χ0n) is 22.2. The first-order chi connectivity index (χ1) is 18.4. The standard InChI is InChI=1S/C29H29N3O6S/c1-15(2)17-13-20(16(3)4)25-22(14-17)28(31-27(39)30-18-9-11-19(37-5)12-10-18)26(33)24-21(29(28,34)38-25)7-6-8-23(24)32(35)36/h6-16,34H,1-5H3,(H2,30,31,39). The van der Waals surface area contributed by atoms with Crippen molar-refractivity contribution in [2.24, 2.45) is 0 Å². The van der Waals surface area contributed by atoms with Crippen LogP contribution in [0.4, 0.5) is 11.4 Å². The zero-order chi connectivity index (χ0) is 28.3. The predicted octanol–water partition coefficient (Wildman–Crippen LogP) is 5.47. The molecule has 0 amide bonds. The summed E-state index contributed by atoms with van der Waals surface area (Å²) in [4.78, 5) is 25.7. The number of carbonyl (C=O) groups excluding carboxylic acids is 1. The summed E-state index contributed by atoms with van der Waals surface area (Å²) in [6.07, 6.45) is 0. The second-order valence-corrected chi connectivity index (χ2v) is 10.8. The second kappa shape index (κ2) is 9.32. The third kappa shape index (κ3) is 3.85. The lowest BCUT2D eigenvalue weighted by Gasteiger charge is -2.35. The van der Waals surface area contributed by atoms with Crippen molar-refractivity contribution in [2.45, 2.75) is 50.9 Å². The van der Waals surface area contributed by atoms with Crippen LogP contribution >= 0.6 is 12.2 Å². The number of methoxy groups -OCH3 is 1. The van der Waals surface area contributed by atoms with Crippen molar-refractivity contribution < 1.29 is 24.3 Å². The summed E-state index contributed by atoms with van der Waals surface area (Å²) in [6, 6.07) is 15.0. The molecule has 3 aromatic carbocycles. The molecular weight excluding hydrogens is 518 g/mol. The predicted molar refractivity (Wildman–Crippen MR) is 151 cm³/mol. The largest absolute Gasteiger partial charge is 0.497 e. The molecule has 2 unspecified atom stereocenters. The number of nitrogens with one attached hydrogen (secondary N) is 2. The number of hydrogen-bond donors (Lipinski definition) is 3. The molecule has 39 heavy (non-hydrogen) atoms. The lowest BCUT2D eigenvalue weighted by atomic mass is 9.80. The summed E-state index contributed by atoms with van der Waals surface area (Å²) in [5.41, 5.74) is 0.156. The molecule has 0 saturated heterocycles. The first kappa shape index (κ1) is 26.6. The molecule has 5 rings (SSSR count). The van der Waals surface area contributed by atoms with Gasteiger partial charge in [0, 0.05) is 22.9 Å². The quantitative estimate of drug-likeness (QED) is 0.209. The number of benzene rings is 3. The Labute approximate surface area is 231 Å². The molecule has 1 aliphatic carbocycles. The molecule has 0 bridgehead atoms. The van der Waals surface area contributed by atoms with E-state index in [9.17, 15) is 20.0 Å². The van der Waals surface area contributed by atoms with Gasteiger partial charge in [0.15, 0.2) is 5.11 Å². The highest BCUT2D eigenvalue weighted by Gasteiger charge is 2.73. The minimum Gasteiger partial charge on any atom is -0.497 e. The van der Waals surface area contributed by atoms with E-state index < -0.39 is 27.7 Å². The average molecular weight is 548 g/mol. The summed E-state index contributed by atoms with van der Waals surface area (Å²) in [5.74, 6) is -1.87. The van der Waals surface area contributed by atoms with Crippen LogP contribution in [0.2, 0.25) is 0 Å². The molecule has 202 valence electrons. The van der Waals surface area contributed by atoms with Crippen LogP contribution in [0.1, 0.15) is 72.1 Å². The van der Waals surface area contributed by atoms with Gasteiger partial charge in [-0.1, -0.05) is 45.9 Å². The van der Waals surface area contributed by atoms with Gasteiger partial charge in [-0.3, -0.25) is 14.9 Å². The van der Waals surface area contributed by atoms with Crippen molar-refractivity contribution in [3.63, 3.8) is 0 Å². The Kier molecular flexibility index (Phi) is 6.35. The van der Waals surface area contributed by atoms with Gasteiger partial charge < -0.3 is 25.2 Å². The van der Waals surface area contributed by atoms with Gasteiger partial charge in [-0.15, -0.1) is 0 Å². The van der Waals surface area contributed by atoms with Crippen LogP contribution in [0.25, 0.3) is 0 Å². The van der Waals surface area contributed by atoms with Crippen LogP contribution in [0.3, 0.4) is 0 Å². The number of fused-ring (bicyclic) bond motifs is 5. The van der Waals surface area contributed by atoms with Gasteiger partial charge in [-0.2, -0.15) is 0 Å². The topological polar surface area (TPSA) is 123 Å². The van der Waals surface area contributed by atoms with Crippen LogP contribution in [-0.2, 0) is 11.3 Å². The maximum absolute atomic E-state index is 14.4. The van der Waals surface area contributed by atoms with Crippen LogP contribution < -0.4 is 20.1 Å². The van der Waals surface area contributed by atoms with Crippen molar-refractivity contribution in [2.75, 3.05) is 12.4 Å². The van der Waals surface area contributed by atoms with E-state index in [1.807, 2.05) is 39.8 Å². The van der Waals surface area contributed by atoms with Crippen molar-refractivity contribution in [3.8, 4) is 11.5 Å². The van der Waals surface area contributed by atoms with E-state index in [1.54, 1.807) is 31.4 Å². The Hall–Kier alpha value is -4.02. The zero-order valence-corrected chi connectivity index (χ0v) is 23.0. The number of ketones is 1. The monoisotopic (exact) mass is 547 g/mol. The van der Waals surface area contributed by atoms with Gasteiger partial charge in [0.2, 0.25) is 11.3 Å². The van der Waals surface area contributed by atoms with Gasteiger partial charge in [0.1, 0.15) is 17.1 Å². The van der Waals surface area contributed by atoms with Crippen molar-refractivity contribution in [3.05, 3.63) is 92.5 Å². The smallest absolute Gasteiger partial charge is 0.280 e. The third-order valence-corrected chi connectivity index (χ3v) is 7.62. The number of Topliss-reactive ketones (excluding diaryl/α,β-unsaturated/α-hetero) is 1. The molecule has 0 saturated carbocycles.